The van der Waals surface area contributed by atoms with Crippen LogP contribution in [-0.2, 0) is 0 Å². The van der Waals surface area contributed by atoms with Gasteiger partial charge in [-0.3, -0.25) is 4.79 Å². The van der Waals surface area contributed by atoms with Crippen LogP contribution in [0.15, 0.2) is 24.3 Å². The Hall–Kier alpha value is -1.35. The van der Waals surface area contributed by atoms with Crippen molar-refractivity contribution in [3.63, 3.8) is 0 Å². The molecule has 3 nitrogen and oxygen atoms in total. The fourth-order valence-electron chi connectivity index (χ4n) is 4.12. The van der Waals surface area contributed by atoms with Crippen molar-refractivity contribution in [3.05, 3.63) is 35.4 Å². The first-order valence-corrected chi connectivity index (χ1v) is 9.70. The van der Waals surface area contributed by atoms with E-state index in [9.17, 15) is 4.79 Å². The highest BCUT2D eigenvalue weighted by molar-refractivity contribution is 5.94. The average molecular weight is 329 g/mol. The number of carbonyl (C=O) groups excluding carboxylic acids is 1. The van der Waals surface area contributed by atoms with Gasteiger partial charge >= 0.3 is 0 Å². The highest BCUT2D eigenvalue weighted by Gasteiger charge is 2.24. The number of nitrogens with zero attached hydrogens (tertiary/aromatic N) is 2. The average Bonchev–Trinajstić information content (AvgIpc) is 2.82. The van der Waals surface area contributed by atoms with Crippen LogP contribution >= 0.6 is 0 Å². The summed E-state index contributed by atoms with van der Waals surface area (Å²) in [6, 6.07) is 8.00. The highest BCUT2D eigenvalue weighted by atomic mass is 16.2. The van der Waals surface area contributed by atoms with Crippen LogP contribution < -0.4 is 0 Å². The van der Waals surface area contributed by atoms with E-state index in [2.05, 4.69) is 29.7 Å². The summed E-state index contributed by atoms with van der Waals surface area (Å²) in [4.78, 5) is 17.5. The first kappa shape index (κ1) is 17.5. The predicted octanol–water partition coefficient (Wildman–Crippen LogP) is 3.97. The zero-order valence-corrected chi connectivity index (χ0v) is 15.3. The summed E-state index contributed by atoms with van der Waals surface area (Å²) < 4.78 is 0. The minimum Gasteiger partial charge on any atom is -0.339 e. The minimum atomic E-state index is 0.214. The van der Waals surface area contributed by atoms with E-state index in [0.29, 0.717) is 0 Å². The van der Waals surface area contributed by atoms with Gasteiger partial charge in [0.25, 0.3) is 5.91 Å². The fraction of sp³-hybridized carbons (Fsp3) is 0.667. The maximum atomic E-state index is 12.8. The van der Waals surface area contributed by atoms with Crippen LogP contribution in [0.4, 0.5) is 0 Å². The largest absolute Gasteiger partial charge is 0.339 e. The molecule has 2 fully saturated rings. The van der Waals surface area contributed by atoms with Gasteiger partial charge < -0.3 is 9.80 Å². The summed E-state index contributed by atoms with van der Waals surface area (Å²) in [5, 5.41) is 0. The number of aryl methyl sites for hydroxylation is 1. The second-order valence-electron chi connectivity index (χ2n) is 7.94. The van der Waals surface area contributed by atoms with Gasteiger partial charge in [-0.25, -0.2) is 0 Å². The number of benzene rings is 1. The molecule has 0 radical (unpaired) electrons. The molecule has 1 aromatic rings. The fourth-order valence-corrected chi connectivity index (χ4v) is 4.12. The van der Waals surface area contributed by atoms with Crippen LogP contribution in [0.2, 0.25) is 0 Å². The van der Waals surface area contributed by atoms with Gasteiger partial charge in [0.2, 0.25) is 0 Å². The molecule has 1 aromatic carbocycles. The normalized spacial score (nSPS) is 23.9. The topological polar surface area (TPSA) is 23.6 Å². The zero-order valence-electron chi connectivity index (χ0n) is 15.3. The molecule has 2 saturated heterocycles. The molecule has 0 bridgehead atoms. The number of likely N-dealkylation sites (tertiary alicyclic amines) is 2. The lowest BCUT2D eigenvalue weighted by Crippen LogP contribution is -2.37. The third-order valence-corrected chi connectivity index (χ3v) is 5.79. The summed E-state index contributed by atoms with van der Waals surface area (Å²) >= 11 is 0. The third-order valence-electron chi connectivity index (χ3n) is 5.79. The highest BCUT2D eigenvalue weighted by Crippen LogP contribution is 2.23. The number of rotatable bonds is 3. The monoisotopic (exact) mass is 328 g/mol. The van der Waals surface area contributed by atoms with Crippen molar-refractivity contribution in [2.24, 2.45) is 11.8 Å². The van der Waals surface area contributed by atoms with Crippen molar-refractivity contribution in [1.82, 2.24) is 9.80 Å². The van der Waals surface area contributed by atoms with Crippen molar-refractivity contribution < 1.29 is 4.79 Å². The van der Waals surface area contributed by atoms with Gasteiger partial charge in [-0.1, -0.05) is 24.6 Å². The SMILES string of the molecule is Cc1cccc(C(=O)N2CCCC(CN3CCC(C)CC3)CC2)c1. The van der Waals surface area contributed by atoms with E-state index in [1.165, 1.54) is 38.9 Å². The maximum Gasteiger partial charge on any atom is 0.253 e. The second kappa shape index (κ2) is 8.15. The smallest absolute Gasteiger partial charge is 0.253 e. The summed E-state index contributed by atoms with van der Waals surface area (Å²) in [5.74, 6) is 1.87. The van der Waals surface area contributed by atoms with Gasteiger partial charge in [0.05, 0.1) is 0 Å². The third kappa shape index (κ3) is 4.60. The lowest BCUT2D eigenvalue weighted by atomic mass is 9.95. The van der Waals surface area contributed by atoms with Crippen LogP contribution in [0.5, 0.6) is 0 Å². The maximum absolute atomic E-state index is 12.8. The van der Waals surface area contributed by atoms with E-state index in [-0.39, 0.29) is 5.91 Å². The first-order valence-electron chi connectivity index (χ1n) is 9.70. The molecule has 3 rings (SSSR count). The van der Waals surface area contributed by atoms with Gasteiger partial charge in [-0.05, 0) is 76.1 Å². The Bertz CT molecular complexity index is 549. The molecule has 2 aliphatic heterocycles. The number of hydrogen-bond donors (Lipinski definition) is 0. The Kier molecular flexibility index (Phi) is 5.94. The van der Waals surface area contributed by atoms with Gasteiger partial charge in [0.15, 0.2) is 0 Å². The molecular weight excluding hydrogens is 296 g/mol. The molecule has 1 amide bonds. The van der Waals surface area contributed by atoms with E-state index in [4.69, 9.17) is 0 Å². The molecule has 2 heterocycles. The Morgan fingerprint density at radius 3 is 2.62 bits per heavy atom. The molecule has 0 N–H and O–H groups in total. The summed E-state index contributed by atoms with van der Waals surface area (Å²) in [5.41, 5.74) is 2.01. The molecule has 1 atom stereocenters. The van der Waals surface area contributed by atoms with Crippen molar-refractivity contribution in [2.75, 3.05) is 32.7 Å². The molecule has 1 unspecified atom stereocenters. The predicted molar refractivity (Wildman–Crippen MR) is 99.3 cm³/mol. The number of piperidine rings is 1. The van der Waals surface area contributed by atoms with Crippen molar-refractivity contribution in [2.45, 2.75) is 46.0 Å². The quantitative estimate of drug-likeness (QED) is 0.838. The Morgan fingerprint density at radius 1 is 1.08 bits per heavy atom. The molecule has 3 heteroatoms. The van der Waals surface area contributed by atoms with E-state index in [1.807, 2.05) is 18.2 Å². The molecule has 0 aromatic heterocycles. The lowest BCUT2D eigenvalue weighted by Gasteiger charge is -2.32. The standard InChI is InChI=1S/C21H32N2O/c1-17-8-12-22(13-9-17)16-19-6-4-11-23(14-10-19)21(24)20-7-3-5-18(2)15-20/h3,5,7,15,17,19H,4,6,8-14,16H2,1-2H3. The molecular formula is C21H32N2O. The van der Waals surface area contributed by atoms with Crippen LogP contribution in [0.25, 0.3) is 0 Å². The number of carbonyl (C=O) groups is 1. The first-order chi connectivity index (χ1) is 11.6. The van der Waals surface area contributed by atoms with Gasteiger partial charge in [-0.15, -0.1) is 0 Å². The van der Waals surface area contributed by atoms with Gasteiger partial charge in [0.1, 0.15) is 0 Å². The van der Waals surface area contributed by atoms with E-state index >= 15 is 0 Å². The molecule has 0 saturated carbocycles. The van der Waals surface area contributed by atoms with Gasteiger partial charge in [-0.2, -0.15) is 0 Å². The molecule has 132 valence electrons. The van der Waals surface area contributed by atoms with E-state index in [0.717, 1.165) is 48.9 Å². The molecule has 0 aliphatic carbocycles. The molecule has 2 aliphatic rings. The Balaban J connectivity index is 1.52. The molecule has 0 spiro atoms. The van der Waals surface area contributed by atoms with Crippen molar-refractivity contribution >= 4 is 5.91 Å². The van der Waals surface area contributed by atoms with Gasteiger partial charge in [0, 0.05) is 25.2 Å². The van der Waals surface area contributed by atoms with Crippen LogP contribution in [0.3, 0.4) is 0 Å². The zero-order chi connectivity index (χ0) is 16.9. The minimum absolute atomic E-state index is 0.214. The van der Waals surface area contributed by atoms with E-state index < -0.39 is 0 Å². The van der Waals surface area contributed by atoms with Crippen molar-refractivity contribution in [3.8, 4) is 0 Å². The summed E-state index contributed by atoms with van der Waals surface area (Å²) in [6.45, 7) is 10.0. The number of hydrogen-bond acceptors (Lipinski definition) is 2. The lowest BCUT2D eigenvalue weighted by molar-refractivity contribution is 0.0758. The van der Waals surface area contributed by atoms with Crippen LogP contribution in [0, 0.1) is 18.8 Å². The molecule has 24 heavy (non-hydrogen) atoms. The Labute approximate surface area is 147 Å². The number of amides is 1. The Morgan fingerprint density at radius 2 is 1.88 bits per heavy atom. The second-order valence-corrected chi connectivity index (χ2v) is 7.94. The van der Waals surface area contributed by atoms with Crippen LogP contribution in [-0.4, -0.2) is 48.4 Å². The summed E-state index contributed by atoms with van der Waals surface area (Å²) in [6.07, 6.45) is 6.27. The van der Waals surface area contributed by atoms with Crippen molar-refractivity contribution in [1.29, 1.82) is 0 Å². The summed E-state index contributed by atoms with van der Waals surface area (Å²) in [7, 11) is 0. The van der Waals surface area contributed by atoms with E-state index in [1.54, 1.807) is 0 Å². The van der Waals surface area contributed by atoms with Crippen LogP contribution in [0.1, 0.15) is 54.9 Å².